The number of hydrogen-bond donors (Lipinski definition) is 2. The van der Waals surface area contributed by atoms with Crippen LogP contribution >= 0.6 is 0 Å². The van der Waals surface area contributed by atoms with E-state index in [1.165, 1.54) is 36.1 Å². The first-order chi connectivity index (χ1) is 15.3. The van der Waals surface area contributed by atoms with E-state index in [2.05, 4.69) is 46.1 Å². The van der Waals surface area contributed by atoms with Gasteiger partial charge in [0.1, 0.15) is 5.76 Å². The summed E-state index contributed by atoms with van der Waals surface area (Å²) in [6, 6.07) is 17.7. The Hall–Kier alpha value is -2.94. The van der Waals surface area contributed by atoms with Crippen LogP contribution in [0, 0.1) is 0 Å². The van der Waals surface area contributed by atoms with Crippen molar-refractivity contribution in [3.63, 3.8) is 0 Å². The van der Waals surface area contributed by atoms with Crippen LogP contribution in [0.5, 0.6) is 0 Å². The zero-order valence-electron chi connectivity index (χ0n) is 18.5. The Morgan fingerprint density at radius 3 is 2.28 bits per heavy atom. The highest BCUT2D eigenvalue weighted by molar-refractivity contribution is 7.89. The number of hydrogen-bond acceptors (Lipinski definition) is 5. The molecule has 0 aliphatic heterocycles. The molecule has 0 spiro atoms. The molecule has 2 aromatic carbocycles. The van der Waals surface area contributed by atoms with Crippen molar-refractivity contribution in [2.24, 2.45) is 0 Å². The summed E-state index contributed by atoms with van der Waals surface area (Å²) in [5.41, 5.74) is 2.79. The molecule has 7 nitrogen and oxygen atoms in total. The number of sulfonamides is 1. The van der Waals surface area contributed by atoms with Gasteiger partial charge < -0.3 is 14.6 Å². The Balaban J connectivity index is 1.61. The normalized spacial score (nSPS) is 12.6. The summed E-state index contributed by atoms with van der Waals surface area (Å²) in [5, 5.41) is 2.95. The summed E-state index contributed by atoms with van der Waals surface area (Å²) in [7, 11) is 0.238. The SMILES string of the molecule is CCc1ccc([C@@H](CNC(=O)c2ccc(S(=O)(=O)NCc3ccco3)cc2)N(C)C)cc1. The number of benzene rings is 2. The fourth-order valence-corrected chi connectivity index (χ4v) is 4.31. The van der Waals surface area contributed by atoms with Crippen LogP contribution in [0.4, 0.5) is 0 Å². The molecule has 0 unspecified atom stereocenters. The average Bonchev–Trinajstić information content (AvgIpc) is 3.32. The molecule has 0 saturated heterocycles. The number of carbonyl (C=O) groups excluding carboxylic acids is 1. The third-order valence-electron chi connectivity index (χ3n) is 5.30. The molecule has 2 N–H and O–H groups in total. The van der Waals surface area contributed by atoms with Crippen molar-refractivity contribution in [2.75, 3.05) is 20.6 Å². The van der Waals surface area contributed by atoms with Crippen LogP contribution in [0.3, 0.4) is 0 Å². The molecule has 0 saturated carbocycles. The monoisotopic (exact) mass is 455 g/mol. The van der Waals surface area contributed by atoms with E-state index in [0.717, 1.165) is 12.0 Å². The lowest BCUT2D eigenvalue weighted by molar-refractivity contribution is 0.0942. The topological polar surface area (TPSA) is 91.6 Å². The second kappa shape index (κ2) is 10.6. The van der Waals surface area contributed by atoms with Gasteiger partial charge in [-0.1, -0.05) is 31.2 Å². The first kappa shape index (κ1) is 23.7. The van der Waals surface area contributed by atoms with Crippen molar-refractivity contribution in [2.45, 2.75) is 30.8 Å². The van der Waals surface area contributed by atoms with Crippen molar-refractivity contribution in [3.8, 4) is 0 Å². The number of amides is 1. The maximum atomic E-state index is 12.6. The number of nitrogens with one attached hydrogen (secondary N) is 2. The fraction of sp³-hybridized carbons (Fsp3) is 0.292. The predicted molar refractivity (Wildman–Crippen MR) is 124 cm³/mol. The molecule has 3 rings (SSSR count). The molecule has 0 aliphatic carbocycles. The minimum atomic E-state index is -3.71. The van der Waals surface area contributed by atoms with Crippen LogP contribution in [-0.2, 0) is 23.0 Å². The Morgan fingerprint density at radius 1 is 1.03 bits per heavy atom. The van der Waals surface area contributed by atoms with E-state index in [1.54, 1.807) is 12.1 Å². The van der Waals surface area contributed by atoms with Crippen LogP contribution in [0.15, 0.2) is 76.2 Å². The van der Waals surface area contributed by atoms with Gasteiger partial charge in [-0.05, 0) is 68.0 Å². The van der Waals surface area contributed by atoms with E-state index in [9.17, 15) is 13.2 Å². The molecule has 0 fully saturated rings. The van der Waals surface area contributed by atoms with Crippen molar-refractivity contribution in [1.82, 2.24) is 14.9 Å². The van der Waals surface area contributed by atoms with E-state index in [4.69, 9.17) is 4.42 Å². The zero-order chi connectivity index (χ0) is 23.1. The van der Waals surface area contributed by atoms with Crippen LogP contribution in [0.25, 0.3) is 0 Å². The Labute approximate surface area is 189 Å². The number of likely N-dealkylation sites (N-methyl/N-ethyl adjacent to an activating group) is 1. The first-order valence-electron chi connectivity index (χ1n) is 10.5. The van der Waals surface area contributed by atoms with Crippen molar-refractivity contribution < 1.29 is 17.6 Å². The molecule has 8 heteroatoms. The van der Waals surface area contributed by atoms with Gasteiger partial charge in [0.15, 0.2) is 0 Å². The van der Waals surface area contributed by atoms with Gasteiger partial charge in [-0.3, -0.25) is 4.79 Å². The quantitative estimate of drug-likeness (QED) is 0.489. The molecule has 1 heterocycles. The molecule has 0 bridgehead atoms. The molecular formula is C24H29N3O4S. The van der Waals surface area contributed by atoms with Crippen LogP contribution in [0.2, 0.25) is 0 Å². The second-order valence-corrected chi connectivity index (χ2v) is 9.48. The van der Waals surface area contributed by atoms with Gasteiger partial charge in [-0.15, -0.1) is 0 Å². The minimum Gasteiger partial charge on any atom is -0.468 e. The maximum absolute atomic E-state index is 12.6. The lowest BCUT2D eigenvalue weighted by atomic mass is 10.0. The molecule has 32 heavy (non-hydrogen) atoms. The second-order valence-electron chi connectivity index (χ2n) is 7.71. The highest BCUT2D eigenvalue weighted by Gasteiger charge is 2.18. The van der Waals surface area contributed by atoms with E-state index in [-0.39, 0.29) is 23.4 Å². The zero-order valence-corrected chi connectivity index (χ0v) is 19.4. The van der Waals surface area contributed by atoms with Crippen LogP contribution < -0.4 is 10.0 Å². The summed E-state index contributed by atoms with van der Waals surface area (Å²) in [5.74, 6) is 0.263. The number of aryl methyl sites for hydroxylation is 1. The number of rotatable bonds is 10. The van der Waals surface area contributed by atoms with E-state index < -0.39 is 10.0 Å². The lowest BCUT2D eigenvalue weighted by Gasteiger charge is -2.25. The largest absolute Gasteiger partial charge is 0.468 e. The highest BCUT2D eigenvalue weighted by atomic mass is 32.2. The molecule has 3 aromatic rings. The third kappa shape index (κ3) is 6.06. The summed E-state index contributed by atoms with van der Waals surface area (Å²) in [6.45, 7) is 2.61. The van der Waals surface area contributed by atoms with Gasteiger partial charge in [0.25, 0.3) is 5.91 Å². The molecule has 0 radical (unpaired) electrons. The Morgan fingerprint density at radius 2 is 1.72 bits per heavy atom. The Bertz CT molecular complexity index is 1110. The van der Waals surface area contributed by atoms with E-state index in [1.807, 2.05) is 14.1 Å². The smallest absolute Gasteiger partial charge is 0.251 e. The molecule has 170 valence electrons. The fourth-order valence-electron chi connectivity index (χ4n) is 3.31. The summed E-state index contributed by atoms with van der Waals surface area (Å²) < 4.78 is 32.5. The third-order valence-corrected chi connectivity index (χ3v) is 6.71. The molecule has 0 aliphatic rings. The molecule has 1 aromatic heterocycles. The summed E-state index contributed by atoms with van der Waals surface area (Å²) in [4.78, 5) is 14.8. The Kier molecular flexibility index (Phi) is 7.84. The van der Waals surface area contributed by atoms with Gasteiger partial charge >= 0.3 is 0 Å². The molecular weight excluding hydrogens is 426 g/mol. The predicted octanol–water partition coefficient (Wildman–Crippen LogP) is 3.35. The van der Waals surface area contributed by atoms with Crippen LogP contribution in [0.1, 0.15) is 40.2 Å². The minimum absolute atomic E-state index is 0.0234. The number of nitrogens with zero attached hydrogens (tertiary/aromatic N) is 1. The average molecular weight is 456 g/mol. The maximum Gasteiger partial charge on any atom is 0.251 e. The number of carbonyl (C=O) groups is 1. The van der Waals surface area contributed by atoms with Gasteiger partial charge in [-0.2, -0.15) is 0 Å². The van der Waals surface area contributed by atoms with E-state index in [0.29, 0.717) is 17.9 Å². The van der Waals surface area contributed by atoms with Crippen molar-refractivity contribution in [1.29, 1.82) is 0 Å². The standard InChI is InChI=1S/C24H29N3O4S/c1-4-18-7-9-19(10-8-18)23(27(2)3)17-25-24(28)20-11-13-22(14-12-20)32(29,30)26-16-21-6-5-15-31-21/h5-15,23,26H,4,16-17H2,1-3H3,(H,25,28)/t23-/m1/s1. The molecule has 1 amide bonds. The van der Waals surface area contributed by atoms with Crippen molar-refractivity contribution in [3.05, 3.63) is 89.4 Å². The first-order valence-corrected chi connectivity index (χ1v) is 11.9. The van der Waals surface area contributed by atoms with Gasteiger partial charge in [0.05, 0.1) is 23.7 Å². The number of furan rings is 1. The van der Waals surface area contributed by atoms with Gasteiger partial charge in [0.2, 0.25) is 10.0 Å². The van der Waals surface area contributed by atoms with Crippen LogP contribution in [-0.4, -0.2) is 39.9 Å². The van der Waals surface area contributed by atoms with Gasteiger partial charge in [0, 0.05) is 12.1 Å². The lowest BCUT2D eigenvalue weighted by Crippen LogP contribution is -2.34. The van der Waals surface area contributed by atoms with Crippen molar-refractivity contribution >= 4 is 15.9 Å². The molecule has 1 atom stereocenters. The highest BCUT2D eigenvalue weighted by Crippen LogP contribution is 2.19. The van der Waals surface area contributed by atoms with E-state index >= 15 is 0 Å². The summed E-state index contributed by atoms with van der Waals surface area (Å²) in [6.07, 6.45) is 2.46. The summed E-state index contributed by atoms with van der Waals surface area (Å²) >= 11 is 0. The van der Waals surface area contributed by atoms with Gasteiger partial charge in [-0.25, -0.2) is 13.1 Å².